The smallest absolute Gasteiger partial charge is 0.253 e. The minimum atomic E-state index is -0.794. The first kappa shape index (κ1) is 15.5. The van der Waals surface area contributed by atoms with E-state index in [1.807, 2.05) is 31.2 Å². The highest BCUT2D eigenvalue weighted by atomic mass is 16.5. The van der Waals surface area contributed by atoms with Crippen molar-refractivity contribution in [1.82, 2.24) is 9.80 Å². The third kappa shape index (κ3) is 3.48. The lowest BCUT2D eigenvalue weighted by Crippen LogP contribution is -2.49. The molecule has 1 atom stereocenters. The standard InChI is InChI=1S/C17H24N2O3/c1-14-2-4-15(5-3-14)16(20)19-7-6-17(21,13-19)12-18-8-10-22-11-9-18/h2-5,21H,6-13H2,1H3/t17-/m0/s1. The number of benzene rings is 1. The molecular weight excluding hydrogens is 280 g/mol. The molecule has 0 aliphatic carbocycles. The van der Waals surface area contributed by atoms with Gasteiger partial charge in [0.25, 0.3) is 5.91 Å². The van der Waals surface area contributed by atoms with E-state index in [2.05, 4.69) is 4.90 Å². The summed E-state index contributed by atoms with van der Waals surface area (Å²) in [5.41, 5.74) is 1.04. The van der Waals surface area contributed by atoms with Gasteiger partial charge in [-0.05, 0) is 25.5 Å². The average Bonchev–Trinajstić information content (AvgIpc) is 2.90. The number of hydrogen-bond donors (Lipinski definition) is 1. The Hall–Kier alpha value is -1.43. The molecular formula is C17H24N2O3. The second kappa shape index (κ2) is 6.36. The number of amides is 1. The molecule has 1 aromatic rings. The maximum absolute atomic E-state index is 12.5. The summed E-state index contributed by atoms with van der Waals surface area (Å²) < 4.78 is 5.34. The summed E-state index contributed by atoms with van der Waals surface area (Å²) in [5, 5.41) is 10.8. The topological polar surface area (TPSA) is 53.0 Å². The van der Waals surface area contributed by atoms with Crippen LogP contribution in [0.5, 0.6) is 0 Å². The molecule has 1 N–H and O–H groups in total. The van der Waals surface area contributed by atoms with Gasteiger partial charge >= 0.3 is 0 Å². The van der Waals surface area contributed by atoms with Crippen LogP contribution in [0.15, 0.2) is 24.3 Å². The van der Waals surface area contributed by atoms with Crippen molar-refractivity contribution < 1.29 is 14.6 Å². The summed E-state index contributed by atoms with van der Waals surface area (Å²) >= 11 is 0. The van der Waals surface area contributed by atoms with Crippen molar-refractivity contribution in [3.8, 4) is 0 Å². The number of nitrogens with zero attached hydrogens (tertiary/aromatic N) is 2. The van der Waals surface area contributed by atoms with Crippen LogP contribution >= 0.6 is 0 Å². The van der Waals surface area contributed by atoms with Crippen molar-refractivity contribution >= 4 is 5.91 Å². The first-order chi connectivity index (χ1) is 10.6. The molecule has 2 saturated heterocycles. The van der Waals surface area contributed by atoms with Crippen molar-refractivity contribution in [2.24, 2.45) is 0 Å². The second-order valence-electron chi connectivity index (χ2n) is 6.46. The quantitative estimate of drug-likeness (QED) is 0.902. The molecule has 0 aromatic heterocycles. The number of carbonyl (C=O) groups excluding carboxylic acids is 1. The number of rotatable bonds is 3. The van der Waals surface area contributed by atoms with E-state index in [1.165, 1.54) is 0 Å². The van der Waals surface area contributed by atoms with Gasteiger partial charge < -0.3 is 14.7 Å². The van der Waals surface area contributed by atoms with Gasteiger partial charge in [-0.25, -0.2) is 0 Å². The van der Waals surface area contributed by atoms with Gasteiger partial charge in [0.2, 0.25) is 0 Å². The lowest BCUT2D eigenvalue weighted by molar-refractivity contribution is -0.0257. The van der Waals surface area contributed by atoms with Crippen LogP contribution in [0.25, 0.3) is 0 Å². The maximum Gasteiger partial charge on any atom is 0.253 e. The molecule has 22 heavy (non-hydrogen) atoms. The zero-order valence-corrected chi connectivity index (χ0v) is 13.1. The zero-order valence-electron chi connectivity index (χ0n) is 13.1. The summed E-state index contributed by atoms with van der Waals surface area (Å²) in [6.45, 7) is 6.82. The van der Waals surface area contributed by atoms with Crippen LogP contribution in [0.3, 0.4) is 0 Å². The largest absolute Gasteiger partial charge is 0.387 e. The Bertz CT molecular complexity index is 525. The number of likely N-dealkylation sites (tertiary alicyclic amines) is 1. The van der Waals surface area contributed by atoms with Gasteiger partial charge in [-0.15, -0.1) is 0 Å². The number of morpholine rings is 1. The van der Waals surface area contributed by atoms with Crippen molar-refractivity contribution in [2.45, 2.75) is 18.9 Å². The third-order valence-corrected chi connectivity index (χ3v) is 4.54. The lowest BCUT2D eigenvalue weighted by Gasteiger charge is -2.33. The number of aliphatic hydroxyl groups is 1. The number of carbonyl (C=O) groups is 1. The van der Waals surface area contributed by atoms with E-state index >= 15 is 0 Å². The summed E-state index contributed by atoms with van der Waals surface area (Å²) in [6.07, 6.45) is 0.641. The fourth-order valence-corrected chi connectivity index (χ4v) is 3.21. The molecule has 0 unspecified atom stereocenters. The van der Waals surface area contributed by atoms with Crippen molar-refractivity contribution in [3.63, 3.8) is 0 Å². The zero-order chi connectivity index (χ0) is 15.6. The summed E-state index contributed by atoms with van der Waals surface area (Å²) in [7, 11) is 0. The molecule has 5 heteroatoms. The normalized spacial score (nSPS) is 26.4. The van der Waals surface area contributed by atoms with Gasteiger partial charge in [-0.1, -0.05) is 17.7 Å². The molecule has 2 aliphatic heterocycles. The molecule has 1 aromatic carbocycles. The van der Waals surface area contributed by atoms with Gasteiger partial charge in [-0.3, -0.25) is 9.69 Å². The van der Waals surface area contributed by atoms with E-state index in [4.69, 9.17) is 4.74 Å². The van der Waals surface area contributed by atoms with Gasteiger partial charge in [0.05, 0.1) is 25.4 Å². The molecule has 2 heterocycles. The first-order valence-electron chi connectivity index (χ1n) is 7.94. The second-order valence-corrected chi connectivity index (χ2v) is 6.46. The van der Waals surface area contributed by atoms with E-state index in [0.29, 0.717) is 31.6 Å². The van der Waals surface area contributed by atoms with Crippen LogP contribution in [0.2, 0.25) is 0 Å². The van der Waals surface area contributed by atoms with Crippen molar-refractivity contribution in [1.29, 1.82) is 0 Å². The molecule has 3 rings (SSSR count). The Kier molecular flexibility index (Phi) is 4.47. The highest BCUT2D eigenvalue weighted by Gasteiger charge is 2.39. The molecule has 5 nitrogen and oxygen atoms in total. The Morgan fingerprint density at radius 2 is 1.91 bits per heavy atom. The van der Waals surface area contributed by atoms with E-state index in [0.717, 1.165) is 31.9 Å². The van der Waals surface area contributed by atoms with Gasteiger partial charge in [0.1, 0.15) is 0 Å². The minimum absolute atomic E-state index is 0.0119. The van der Waals surface area contributed by atoms with E-state index in [1.54, 1.807) is 4.90 Å². The molecule has 0 saturated carbocycles. The van der Waals surface area contributed by atoms with E-state index in [-0.39, 0.29) is 5.91 Å². The number of β-amino-alcohol motifs (C(OH)–C–C–N with tert-alkyl or cyclic N) is 1. The molecule has 0 radical (unpaired) electrons. The van der Waals surface area contributed by atoms with Gasteiger partial charge in [0.15, 0.2) is 0 Å². The molecule has 2 fully saturated rings. The monoisotopic (exact) mass is 304 g/mol. The van der Waals surface area contributed by atoms with Crippen LogP contribution in [0.1, 0.15) is 22.3 Å². The van der Waals surface area contributed by atoms with E-state index < -0.39 is 5.60 Å². The number of aryl methyl sites for hydroxylation is 1. The molecule has 1 amide bonds. The Morgan fingerprint density at radius 1 is 1.23 bits per heavy atom. The molecule has 0 bridgehead atoms. The Labute approximate surface area is 131 Å². The predicted molar refractivity (Wildman–Crippen MR) is 83.9 cm³/mol. The molecule has 2 aliphatic rings. The Balaban J connectivity index is 1.60. The SMILES string of the molecule is Cc1ccc(C(=O)N2CC[C@](O)(CN3CCOCC3)C2)cc1. The van der Waals surface area contributed by atoms with Crippen LogP contribution in [-0.2, 0) is 4.74 Å². The third-order valence-electron chi connectivity index (χ3n) is 4.54. The van der Waals surface area contributed by atoms with Crippen LogP contribution in [-0.4, -0.2) is 72.4 Å². The fourth-order valence-electron chi connectivity index (χ4n) is 3.21. The molecule has 0 spiro atoms. The summed E-state index contributed by atoms with van der Waals surface area (Å²) in [4.78, 5) is 16.5. The first-order valence-corrected chi connectivity index (χ1v) is 7.94. The van der Waals surface area contributed by atoms with Crippen molar-refractivity contribution in [3.05, 3.63) is 35.4 Å². The van der Waals surface area contributed by atoms with Crippen LogP contribution in [0.4, 0.5) is 0 Å². The number of hydrogen-bond acceptors (Lipinski definition) is 4. The molecule has 120 valence electrons. The maximum atomic E-state index is 12.5. The van der Waals surface area contributed by atoms with Crippen molar-refractivity contribution in [2.75, 3.05) is 45.9 Å². The average molecular weight is 304 g/mol. The van der Waals surface area contributed by atoms with E-state index in [9.17, 15) is 9.90 Å². The minimum Gasteiger partial charge on any atom is -0.387 e. The lowest BCUT2D eigenvalue weighted by atomic mass is 10.0. The Morgan fingerprint density at radius 3 is 2.59 bits per heavy atom. The highest BCUT2D eigenvalue weighted by molar-refractivity contribution is 5.94. The predicted octanol–water partition coefficient (Wildman–Crippen LogP) is 0.904. The summed E-state index contributed by atoms with van der Waals surface area (Å²) in [6, 6.07) is 7.61. The van der Waals surface area contributed by atoms with Crippen LogP contribution in [0, 0.1) is 6.92 Å². The van der Waals surface area contributed by atoms with Gasteiger partial charge in [-0.2, -0.15) is 0 Å². The fraction of sp³-hybridized carbons (Fsp3) is 0.588. The van der Waals surface area contributed by atoms with Gasteiger partial charge in [0, 0.05) is 31.7 Å². The summed E-state index contributed by atoms with van der Waals surface area (Å²) in [5.74, 6) is 0.0119. The number of ether oxygens (including phenoxy) is 1. The van der Waals surface area contributed by atoms with Crippen LogP contribution < -0.4 is 0 Å². The highest BCUT2D eigenvalue weighted by Crippen LogP contribution is 2.24.